The second kappa shape index (κ2) is 8.49. The summed E-state index contributed by atoms with van der Waals surface area (Å²) >= 11 is 5.83. The van der Waals surface area contributed by atoms with Gasteiger partial charge in [-0.25, -0.2) is 4.57 Å². The number of hydrogen-bond acceptors (Lipinski definition) is 4. The fraction of sp³-hybridized carbons (Fsp3) is 1.00. The maximum atomic E-state index is 12.2. The largest absolute Gasteiger partial charge is 0.476 e. The highest BCUT2D eigenvalue weighted by Gasteiger charge is 2.30. The van der Waals surface area contributed by atoms with E-state index in [4.69, 9.17) is 25.2 Å². The standard InChI is InChI=1S/C11H24ClO4P/c1-6-11(12)16-17(13,14-7-9(2)3)15-8-10(4)5/h9-11H,6-8H2,1-5H3. The minimum atomic E-state index is -3.53. The molecule has 0 fully saturated rings. The summed E-state index contributed by atoms with van der Waals surface area (Å²) in [7, 11) is -3.53. The van der Waals surface area contributed by atoms with Crippen molar-refractivity contribution in [2.45, 2.75) is 46.6 Å². The van der Waals surface area contributed by atoms with Gasteiger partial charge in [0.15, 0.2) is 0 Å². The molecule has 0 radical (unpaired) electrons. The molecule has 4 nitrogen and oxygen atoms in total. The quantitative estimate of drug-likeness (QED) is 0.464. The molecule has 1 atom stereocenters. The maximum absolute atomic E-state index is 12.2. The Hall–Kier alpha value is 0.400. The third-order valence-corrected chi connectivity index (χ3v) is 3.66. The molecule has 0 aliphatic rings. The van der Waals surface area contributed by atoms with Gasteiger partial charge in [-0.3, -0.25) is 13.6 Å². The molecule has 0 bridgehead atoms. The van der Waals surface area contributed by atoms with Crippen molar-refractivity contribution in [3.8, 4) is 0 Å². The molecule has 6 heteroatoms. The van der Waals surface area contributed by atoms with E-state index in [9.17, 15) is 4.57 Å². The maximum Gasteiger partial charge on any atom is 0.476 e. The van der Waals surface area contributed by atoms with E-state index in [1.165, 1.54) is 0 Å². The molecule has 0 saturated carbocycles. The number of rotatable bonds is 9. The van der Waals surface area contributed by atoms with E-state index in [2.05, 4.69) is 0 Å². The van der Waals surface area contributed by atoms with Gasteiger partial charge in [0.1, 0.15) is 5.56 Å². The van der Waals surface area contributed by atoms with Gasteiger partial charge in [0.25, 0.3) is 0 Å². The predicted molar refractivity (Wildman–Crippen MR) is 70.2 cm³/mol. The van der Waals surface area contributed by atoms with Gasteiger partial charge in [0, 0.05) is 0 Å². The topological polar surface area (TPSA) is 44.8 Å². The van der Waals surface area contributed by atoms with E-state index in [0.29, 0.717) is 19.6 Å². The van der Waals surface area contributed by atoms with E-state index in [-0.39, 0.29) is 11.8 Å². The molecule has 17 heavy (non-hydrogen) atoms. The first-order valence-corrected chi connectivity index (χ1v) is 7.90. The molecular formula is C11H24ClO4P. The van der Waals surface area contributed by atoms with Gasteiger partial charge in [-0.05, 0) is 18.3 Å². The van der Waals surface area contributed by atoms with Gasteiger partial charge < -0.3 is 0 Å². The zero-order chi connectivity index (χ0) is 13.5. The average molecular weight is 287 g/mol. The SMILES string of the molecule is CCC(Cl)OP(=O)(OCC(C)C)OCC(C)C. The molecule has 0 amide bonds. The van der Waals surface area contributed by atoms with Crippen molar-refractivity contribution in [1.29, 1.82) is 0 Å². The van der Waals surface area contributed by atoms with Crippen LogP contribution in [0.15, 0.2) is 0 Å². The first-order valence-electron chi connectivity index (χ1n) is 6.00. The molecule has 0 N–H and O–H groups in total. The fourth-order valence-electron chi connectivity index (χ4n) is 0.793. The minimum absolute atomic E-state index is 0.255. The van der Waals surface area contributed by atoms with Crippen LogP contribution < -0.4 is 0 Å². The molecule has 0 aliphatic carbocycles. The molecule has 0 aliphatic heterocycles. The van der Waals surface area contributed by atoms with E-state index in [1.807, 2.05) is 34.6 Å². The van der Waals surface area contributed by atoms with E-state index in [0.717, 1.165) is 0 Å². The van der Waals surface area contributed by atoms with Crippen LogP contribution in [0.5, 0.6) is 0 Å². The number of phosphoric ester groups is 1. The molecule has 0 spiro atoms. The molecule has 0 aromatic heterocycles. The van der Waals surface area contributed by atoms with Gasteiger partial charge >= 0.3 is 7.82 Å². The van der Waals surface area contributed by atoms with Crippen molar-refractivity contribution < 1.29 is 18.1 Å². The summed E-state index contributed by atoms with van der Waals surface area (Å²) in [6.07, 6.45) is 0.543. The molecular weight excluding hydrogens is 263 g/mol. The third kappa shape index (κ3) is 9.04. The highest BCUT2D eigenvalue weighted by Crippen LogP contribution is 2.52. The summed E-state index contributed by atoms with van der Waals surface area (Å²) in [6.45, 7) is 10.3. The smallest absolute Gasteiger partial charge is 0.287 e. The summed E-state index contributed by atoms with van der Waals surface area (Å²) in [5.41, 5.74) is -0.653. The van der Waals surface area contributed by atoms with Crippen LogP contribution in [0.3, 0.4) is 0 Å². The van der Waals surface area contributed by atoms with Gasteiger partial charge in [0.2, 0.25) is 0 Å². The summed E-state index contributed by atoms with van der Waals surface area (Å²) in [5, 5.41) is 0. The van der Waals surface area contributed by atoms with Gasteiger partial charge in [-0.1, -0.05) is 46.2 Å². The van der Waals surface area contributed by atoms with Crippen molar-refractivity contribution in [3.05, 3.63) is 0 Å². The lowest BCUT2D eigenvalue weighted by Gasteiger charge is -2.21. The zero-order valence-corrected chi connectivity index (χ0v) is 13.0. The third-order valence-electron chi connectivity index (χ3n) is 1.70. The van der Waals surface area contributed by atoms with Crippen LogP contribution in [-0.2, 0) is 18.1 Å². The van der Waals surface area contributed by atoms with E-state index >= 15 is 0 Å². The van der Waals surface area contributed by atoms with Gasteiger partial charge in [-0.2, -0.15) is 0 Å². The summed E-state index contributed by atoms with van der Waals surface area (Å²) in [5.74, 6) is 0.509. The average Bonchev–Trinajstić information content (AvgIpc) is 2.24. The number of hydrogen-bond donors (Lipinski definition) is 0. The van der Waals surface area contributed by atoms with E-state index < -0.39 is 13.4 Å². The minimum Gasteiger partial charge on any atom is -0.287 e. The lowest BCUT2D eigenvalue weighted by Crippen LogP contribution is -2.11. The van der Waals surface area contributed by atoms with Crippen LogP contribution in [0.4, 0.5) is 0 Å². The van der Waals surface area contributed by atoms with Crippen molar-refractivity contribution in [3.63, 3.8) is 0 Å². The molecule has 0 aromatic rings. The molecule has 0 saturated heterocycles. The van der Waals surface area contributed by atoms with Crippen LogP contribution in [0.2, 0.25) is 0 Å². The summed E-state index contributed by atoms with van der Waals surface area (Å²) < 4.78 is 27.9. The van der Waals surface area contributed by atoms with Gasteiger partial charge in [-0.15, -0.1) is 0 Å². The number of phosphoric acid groups is 1. The van der Waals surface area contributed by atoms with Crippen molar-refractivity contribution in [2.24, 2.45) is 11.8 Å². The lowest BCUT2D eigenvalue weighted by atomic mass is 10.2. The Labute approximate surface area is 110 Å². The van der Waals surface area contributed by atoms with Gasteiger partial charge in [0.05, 0.1) is 13.2 Å². The molecule has 1 unspecified atom stereocenters. The molecule has 0 aromatic carbocycles. The Morgan fingerprint density at radius 2 is 1.47 bits per heavy atom. The first kappa shape index (κ1) is 17.4. The molecule has 104 valence electrons. The normalized spacial score (nSPS) is 14.6. The van der Waals surface area contributed by atoms with Crippen LogP contribution in [-0.4, -0.2) is 18.8 Å². The second-order valence-corrected chi connectivity index (χ2v) is 6.86. The van der Waals surface area contributed by atoms with Crippen LogP contribution in [0, 0.1) is 11.8 Å². The molecule has 0 rings (SSSR count). The van der Waals surface area contributed by atoms with Crippen molar-refractivity contribution in [2.75, 3.05) is 13.2 Å². The Balaban J connectivity index is 4.39. The van der Waals surface area contributed by atoms with E-state index in [1.54, 1.807) is 0 Å². The summed E-state index contributed by atoms with van der Waals surface area (Å²) in [4.78, 5) is 0. The fourth-order valence-corrected chi connectivity index (χ4v) is 2.67. The predicted octanol–water partition coefficient (Wildman–Crippen LogP) is 4.43. The lowest BCUT2D eigenvalue weighted by molar-refractivity contribution is 0.0864. The number of alkyl halides is 1. The highest BCUT2D eigenvalue weighted by atomic mass is 35.5. The van der Waals surface area contributed by atoms with Crippen LogP contribution in [0.1, 0.15) is 41.0 Å². The Kier molecular flexibility index (Phi) is 8.69. The van der Waals surface area contributed by atoms with Crippen LogP contribution in [0.25, 0.3) is 0 Å². The highest BCUT2D eigenvalue weighted by molar-refractivity contribution is 7.48. The van der Waals surface area contributed by atoms with Crippen molar-refractivity contribution in [1.82, 2.24) is 0 Å². The van der Waals surface area contributed by atoms with Crippen molar-refractivity contribution >= 4 is 19.4 Å². The monoisotopic (exact) mass is 286 g/mol. The Morgan fingerprint density at radius 1 is 1.06 bits per heavy atom. The second-order valence-electron chi connectivity index (χ2n) is 4.75. The Morgan fingerprint density at radius 3 is 1.76 bits per heavy atom. The molecule has 0 heterocycles. The zero-order valence-electron chi connectivity index (χ0n) is 11.3. The first-order chi connectivity index (χ1) is 7.79. The summed E-state index contributed by atoms with van der Waals surface area (Å²) in [6, 6.07) is 0. The Bertz CT molecular complexity index is 230. The van der Waals surface area contributed by atoms with Crippen LogP contribution >= 0.6 is 19.4 Å². The number of halogens is 1.